The Morgan fingerprint density at radius 3 is 2.47 bits per heavy atom. The SMILES string of the molecule is FC(F)(F)c1ccc(-c2nc(CN3CCc4nc(-c5ccccc5)ncc4C3)cs2)cc1. The molecule has 8 heteroatoms. The van der Waals surface area contributed by atoms with E-state index in [2.05, 4.69) is 14.9 Å². The van der Waals surface area contributed by atoms with Crippen molar-refractivity contribution >= 4 is 11.3 Å². The molecule has 0 amide bonds. The third kappa shape index (κ3) is 4.42. The van der Waals surface area contributed by atoms with Gasteiger partial charge in [0.1, 0.15) is 5.01 Å². The van der Waals surface area contributed by atoms with Crippen molar-refractivity contribution in [1.82, 2.24) is 19.9 Å². The summed E-state index contributed by atoms with van der Waals surface area (Å²) in [4.78, 5) is 16.2. The highest BCUT2D eigenvalue weighted by molar-refractivity contribution is 7.13. The van der Waals surface area contributed by atoms with Crippen molar-refractivity contribution in [1.29, 1.82) is 0 Å². The average Bonchev–Trinajstić information content (AvgIpc) is 3.27. The Kier molecular flexibility index (Phi) is 5.48. The minimum Gasteiger partial charge on any atom is -0.293 e. The summed E-state index contributed by atoms with van der Waals surface area (Å²) in [6.45, 7) is 2.29. The quantitative estimate of drug-likeness (QED) is 0.390. The number of hydrogen-bond donors (Lipinski definition) is 0. The van der Waals surface area contributed by atoms with Crippen LogP contribution < -0.4 is 0 Å². The zero-order valence-corrected chi connectivity index (χ0v) is 17.8. The number of nitrogens with zero attached hydrogens (tertiary/aromatic N) is 4. The van der Waals surface area contributed by atoms with Gasteiger partial charge in [0.25, 0.3) is 0 Å². The van der Waals surface area contributed by atoms with Gasteiger partial charge in [-0.1, -0.05) is 42.5 Å². The first-order valence-electron chi connectivity index (χ1n) is 10.2. The first-order valence-corrected chi connectivity index (χ1v) is 11.1. The van der Waals surface area contributed by atoms with Gasteiger partial charge in [-0.15, -0.1) is 11.3 Å². The van der Waals surface area contributed by atoms with Gasteiger partial charge in [0, 0.05) is 54.3 Å². The largest absolute Gasteiger partial charge is 0.416 e. The van der Waals surface area contributed by atoms with Crippen molar-refractivity contribution in [2.24, 2.45) is 0 Å². The maximum absolute atomic E-state index is 12.8. The third-order valence-electron chi connectivity index (χ3n) is 5.44. The van der Waals surface area contributed by atoms with Crippen LogP contribution in [0.2, 0.25) is 0 Å². The van der Waals surface area contributed by atoms with Crippen LogP contribution in [0.1, 0.15) is 22.5 Å². The summed E-state index contributed by atoms with van der Waals surface area (Å²) in [6.07, 6.45) is -1.58. The summed E-state index contributed by atoms with van der Waals surface area (Å²) in [5, 5.41) is 2.69. The highest BCUT2D eigenvalue weighted by Gasteiger charge is 2.30. The van der Waals surface area contributed by atoms with E-state index in [4.69, 9.17) is 4.98 Å². The van der Waals surface area contributed by atoms with Crippen molar-refractivity contribution in [2.75, 3.05) is 6.54 Å². The van der Waals surface area contributed by atoms with Crippen LogP contribution in [0, 0.1) is 0 Å². The Balaban J connectivity index is 1.26. The molecule has 0 atom stereocenters. The summed E-state index contributed by atoms with van der Waals surface area (Å²) in [7, 11) is 0. The molecule has 3 heterocycles. The van der Waals surface area contributed by atoms with Crippen LogP contribution in [-0.2, 0) is 25.7 Å². The molecule has 0 aliphatic carbocycles. The number of fused-ring (bicyclic) bond motifs is 1. The Hall–Kier alpha value is -3.10. The van der Waals surface area contributed by atoms with Crippen molar-refractivity contribution < 1.29 is 13.2 Å². The molecule has 0 fully saturated rings. The van der Waals surface area contributed by atoms with E-state index in [1.165, 1.54) is 23.5 Å². The van der Waals surface area contributed by atoms with E-state index in [-0.39, 0.29) is 0 Å². The lowest BCUT2D eigenvalue weighted by Crippen LogP contribution is -2.31. The summed E-state index contributed by atoms with van der Waals surface area (Å²) < 4.78 is 38.3. The zero-order chi connectivity index (χ0) is 22.1. The number of aromatic nitrogens is 3. The van der Waals surface area contributed by atoms with Crippen LogP contribution in [0.5, 0.6) is 0 Å². The number of rotatable bonds is 4. The Morgan fingerprint density at radius 1 is 0.938 bits per heavy atom. The van der Waals surface area contributed by atoms with E-state index in [1.807, 2.05) is 41.9 Å². The first-order chi connectivity index (χ1) is 15.5. The minimum absolute atomic E-state index is 0.650. The Labute approximate surface area is 187 Å². The molecule has 1 aliphatic rings. The Bertz CT molecular complexity index is 1220. The fourth-order valence-corrected chi connectivity index (χ4v) is 4.60. The second-order valence-corrected chi connectivity index (χ2v) is 8.57. The fraction of sp³-hybridized carbons (Fsp3) is 0.208. The van der Waals surface area contributed by atoms with Gasteiger partial charge in [0.05, 0.1) is 17.0 Å². The normalized spacial score (nSPS) is 14.3. The monoisotopic (exact) mass is 452 g/mol. The van der Waals surface area contributed by atoms with Crippen LogP contribution in [0.15, 0.2) is 66.2 Å². The van der Waals surface area contributed by atoms with Gasteiger partial charge >= 0.3 is 6.18 Å². The highest BCUT2D eigenvalue weighted by Crippen LogP contribution is 2.32. The molecule has 4 aromatic rings. The summed E-state index contributed by atoms with van der Waals surface area (Å²) >= 11 is 1.45. The first kappa shape index (κ1) is 20.8. The summed E-state index contributed by atoms with van der Waals surface area (Å²) in [6, 6.07) is 15.1. The molecule has 162 valence electrons. The molecule has 32 heavy (non-hydrogen) atoms. The predicted molar refractivity (Wildman–Crippen MR) is 118 cm³/mol. The molecule has 0 unspecified atom stereocenters. The van der Waals surface area contributed by atoms with Gasteiger partial charge in [-0.05, 0) is 12.1 Å². The second-order valence-electron chi connectivity index (χ2n) is 7.71. The lowest BCUT2D eigenvalue weighted by molar-refractivity contribution is -0.137. The molecule has 1 aliphatic heterocycles. The van der Waals surface area contributed by atoms with Gasteiger partial charge in [-0.2, -0.15) is 13.2 Å². The molecule has 5 rings (SSSR count). The molecular formula is C24H19F3N4S. The standard InChI is InChI=1S/C24H19F3N4S/c25-24(26,27)19-8-6-17(7-9-19)23-29-20(15-32-23)14-31-11-10-21-18(13-31)12-28-22(30-21)16-4-2-1-3-5-16/h1-9,12,15H,10-11,13-14H2. The van der Waals surface area contributed by atoms with Gasteiger partial charge in [0.15, 0.2) is 5.82 Å². The average molecular weight is 453 g/mol. The molecule has 0 spiro atoms. The highest BCUT2D eigenvalue weighted by atomic mass is 32.1. The van der Waals surface area contributed by atoms with E-state index in [1.54, 1.807) is 0 Å². The summed E-state index contributed by atoms with van der Waals surface area (Å²) in [5.41, 5.74) is 4.17. The number of hydrogen-bond acceptors (Lipinski definition) is 5. The molecule has 0 saturated carbocycles. The maximum Gasteiger partial charge on any atom is 0.416 e. The number of alkyl halides is 3. The molecule has 2 aromatic heterocycles. The Morgan fingerprint density at radius 2 is 1.72 bits per heavy atom. The van der Waals surface area contributed by atoms with Crippen molar-refractivity contribution in [3.63, 3.8) is 0 Å². The molecular weight excluding hydrogens is 433 g/mol. The van der Waals surface area contributed by atoms with E-state index in [9.17, 15) is 13.2 Å². The zero-order valence-electron chi connectivity index (χ0n) is 17.0. The van der Waals surface area contributed by atoms with Crippen molar-refractivity contribution in [3.05, 3.63) is 88.7 Å². The lowest BCUT2D eigenvalue weighted by Gasteiger charge is -2.27. The molecule has 0 bridgehead atoms. The molecule has 0 saturated heterocycles. The van der Waals surface area contributed by atoms with Gasteiger partial charge < -0.3 is 0 Å². The number of thiazole rings is 1. The van der Waals surface area contributed by atoms with Crippen LogP contribution in [0.25, 0.3) is 22.0 Å². The number of halogens is 3. The van der Waals surface area contributed by atoms with Crippen LogP contribution in [-0.4, -0.2) is 26.4 Å². The molecule has 0 N–H and O–H groups in total. The molecule has 0 radical (unpaired) electrons. The number of benzene rings is 2. The third-order valence-corrected chi connectivity index (χ3v) is 6.38. The summed E-state index contributed by atoms with van der Waals surface area (Å²) in [5.74, 6) is 0.749. The van der Waals surface area contributed by atoms with Crippen molar-refractivity contribution in [3.8, 4) is 22.0 Å². The smallest absolute Gasteiger partial charge is 0.293 e. The van der Waals surface area contributed by atoms with E-state index < -0.39 is 11.7 Å². The minimum atomic E-state index is -4.33. The molecule has 2 aromatic carbocycles. The van der Waals surface area contributed by atoms with Crippen LogP contribution in [0.3, 0.4) is 0 Å². The van der Waals surface area contributed by atoms with Crippen LogP contribution >= 0.6 is 11.3 Å². The predicted octanol–water partition coefficient (Wildman–Crippen LogP) is 5.84. The molecule has 4 nitrogen and oxygen atoms in total. The maximum atomic E-state index is 12.8. The lowest BCUT2D eigenvalue weighted by atomic mass is 10.1. The van der Waals surface area contributed by atoms with Crippen molar-refractivity contribution in [2.45, 2.75) is 25.7 Å². The van der Waals surface area contributed by atoms with Gasteiger partial charge in [0.2, 0.25) is 0 Å². The van der Waals surface area contributed by atoms with Crippen LogP contribution in [0.4, 0.5) is 13.2 Å². The van der Waals surface area contributed by atoms with E-state index >= 15 is 0 Å². The van der Waals surface area contributed by atoms with E-state index in [0.29, 0.717) is 12.1 Å². The van der Waals surface area contributed by atoms with Gasteiger partial charge in [-0.25, -0.2) is 15.0 Å². The fourth-order valence-electron chi connectivity index (χ4n) is 3.78. The van der Waals surface area contributed by atoms with Gasteiger partial charge in [-0.3, -0.25) is 4.90 Å². The van der Waals surface area contributed by atoms with E-state index in [0.717, 1.165) is 65.0 Å². The topological polar surface area (TPSA) is 41.9 Å². The second kappa shape index (κ2) is 8.44.